The first-order valence-corrected chi connectivity index (χ1v) is 7.82. The summed E-state index contributed by atoms with van der Waals surface area (Å²) < 4.78 is 5.02. The zero-order valence-corrected chi connectivity index (χ0v) is 12.3. The van der Waals surface area contributed by atoms with Gasteiger partial charge >= 0.3 is 0 Å². The lowest BCUT2D eigenvalue weighted by molar-refractivity contribution is 0.199. The molecule has 0 saturated heterocycles. The molecule has 0 spiro atoms. The number of methoxy groups -OCH3 is 1. The van der Waals surface area contributed by atoms with Gasteiger partial charge in [-0.3, -0.25) is 0 Å². The molecule has 0 fully saturated rings. The van der Waals surface area contributed by atoms with Crippen molar-refractivity contribution in [1.82, 2.24) is 10.3 Å². The summed E-state index contributed by atoms with van der Waals surface area (Å²) in [6, 6.07) is 0. The van der Waals surface area contributed by atoms with Gasteiger partial charge in [0.05, 0.1) is 12.3 Å². The van der Waals surface area contributed by atoms with Crippen LogP contribution in [0.5, 0.6) is 0 Å². The number of fused-ring (bicyclic) bond motifs is 1. The summed E-state index contributed by atoms with van der Waals surface area (Å²) >= 11 is 1.91. The Balaban J connectivity index is 1.85. The predicted molar refractivity (Wildman–Crippen MR) is 76.1 cm³/mol. The fourth-order valence-electron chi connectivity index (χ4n) is 2.60. The summed E-state index contributed by atoms with van der Waals surface area (Å²) in [5.41, 5.74) is 1.37. The number of aromatic nitrogens is 1. The number of rotatable bonds is 7. The minimum Gasteiger partial charge on any atom is -0.383 e. The van der Waals surface area contributed by atoms with Crippen LogP contribution < -0.4 is 5.32 Å². The smallest absolute Gasteiger partial charge is 0.107 e. The lowest BCUT2D eigenvalue weighted by Crippen LogP contribution is -2.18. The maximum absolute atomic E-state index is 5.02. The van der Waals surface area contributed by atoms with E-state index in [4.69, 9.17) is 9.72 Å². The highest BCUT2D eigenvalue weighted by molar-refractivity contribution is 7.11. The second-order valence-corrected chi connectivity index (χ2v) is 6.21. The molecule has 1 unspecified atom stereocenters. The average Bonchev–Trinajstić information content (AvgIpc) is 2.77. The summed E-state index contributed by atoms with van der Waals surface area (Å²) in [5.74, 6) is 0.900. The fraction of sp³-hybridized carbons (Fsp3) is 0.786. The van der Waals surface area contributed by atoms with E-state index in [1.165, 1.54) is 42.8 Å². The second-order valence-electron chi connectivity index (χ2n) is 5.04. The number of nitrogens with one attached hydrogen (secondary N) is 1. The first kappa shape index (κ1) is 14.0. The van der Waals surface area contributed by atoms with Crippen LogP contribution in [0.1, 0.15) is 41.8 Å². The standard InChI is InChI=1S/C14H24N2OS/c1-3-4-11-5-6-12-13(9-11)18-14(16-12)10-15-7-8-17-2/h11,15H,3-10H2,1-2H3. The van der Waals surface area contributed by atoms with Gasteiger partial charge in [-0.15, -0.1) is 11.3 Å². The van der Waals surface area contributed by atoms with E-state index >= 15 is 0 Å². The van der Waals surface area contributed by atoms with Crippen LogP contribution in [0.2, 0.25) is 0 Å². The Morgan fingerprint density at radius 1 is 1.50 bits per heavy atom. The van der Waals surface area contributed by atoms with E-state index in [0.717, 1.165) is 25.6 Å². The van der Waals surface area contributed by atoms with E-state index in [1.807, 2.05) is 11.3 Å². The molecule has 4 heteroatoms. The normalized spacial score (nSPS) is 18.9. The highest BCUT2D eigenvalue weighted by Gasteiger charge is 2.21. The van der Waals surface area contributed by atoms with Crippen molar-refractivity contribution in [3.63, 3.8) is 0 Å². The Kier molecular flexibility index (Phi) is 5.60. The van der Waals surface area contributed by atoms with Gasteiger partial charge in [0.2, 0.25) is 0 Å². The number of nitrogens with zero attached hydrogens (tertiary/aromatic N) is 1. The third kappa shape index (κ3) is 3.77. The molecule has 102 valence electrons. The van der Waals surface area contributed by atoms with Crippen molar-refractivity contribution in [2.24, 2.45) is 5.92 Å². The molecule has 0 bridgehead atoms. The number of ether oxygens (including phenoxy) is 1. The minimum atomic E-state index is 0.768. The molecule has 2 rings (SSSR count). The highest BCUT2D eigenvalue weighted by atomic mass is 32.1. The first-order chi connectivity index (χ1) is 8.83. The van der Waals surface area contributed by atoms with Crippen molar-refractivity contribution in [3.05, 3.63) is 15.6 Å². The summed E-state index contributed by atoms with van der Waals surface area (Å²) in [6.07, 6.45) is 6.47. The first-order valence-electron chi connectivity index (χ1n) is 7.00. The molecule has 0 radical (unpaired) electrons. The van der Waals surface area contributed by atoms with E-state index < -0.39 is 0 Å². The molecule has 18 heavy (non-hydrogen) atoms. The minimum absolute atomic E-state index is 0.768. The van der Waals surface area contributed by atoms with Gasteiger partial charge in [-0.1, -0.05) is 19.8 Å². The third-order valence-electron chi connectivity index (χ3n) is 3.54. The van der Waals surface area contributed by atoms with E-state index in [2.05, 4.69) is 12.2 Å². The van der Waals surface area contributed by atoms with Gasteiger partial charge in [0.1, 0.15) is 5.01 Å². The van der Waals surface area contributed by atoms with Gasteiger partial charge in [-0.2, -0.15) is 0 Å². The predicted octanol–water partition coefficient (Wildman–Crippen LogP) is 2.78. The van der Waals surface area contributed by atoms with Crippen LogP contribution in [0.15, 0.2) is 0 Å². The van der Waals surface area contributed by atoms with Gasteiger partial charge < -0.3 is 10.1 Å². The summed E-state index contributed by atoms with van der Waals surface area (Å²) in [7, 11) is 1.73. The molecule has 1 atom stereocenters. The van der Waals surface area contributed by atoms with Crippen LogP contribution in [0, 0.1) is 5.92 Å². The lowest BCUT2D eigenvalue weighted by Gasteiger charge is -2.20. The molecule has 1 N–H and O–H groups in total. The van der Waals surface area contributed by atoms with Crippen LogP contribution in [-0.2, 0) is 24.1 Å². The quantitative estimate of drug-likeness (QED) is 0.772. The van der Waals surface area contributed by atoms with Crippen LogP contribution >= 0.6 is 11.3 Å². The van der Waals surface area contributed by atoms with Crippen molar-refractivity contribution in [2.75, 3.05) is 20.3 Å². The Hall–Kier alpha value is -0.450. The monoisotopic (exact) mass is 268 g/mol. The maximum Gasteiger partial charge on any atom is 0.107 e. The molecular weight excluding hydrogens is 244 g/mol. The number of thiazole rings is 1. The van der Waals surface area contributed by atoms with Crippen molar-refractivity contribution in [1.29, 1.82) is 0 Å². The van der Waals surface area contributed by atoms with E-state index in [9.17, 15) is 0 Å². The average molecular weight is 268 g/mol. The van der Waals surface area contributed by atoms with Gasteiger partial charge in [0.15, 0.2) is 0 Å². The largest absolute Gasteiger partial charge is 0.383 e. The van der Waals surface area contributed by atoms with Crippen LogP contribution in [-0.4, -0.2) is 25.2 Å². The Morgan fingerprint density at radius 2 is 2.39 bits per heavy atom. The molecule has 1 aromatic rings. The van der Waals surface area contributed by atoms with Crippen LogP contribution in [0.25, 0.3) is 0 Å². The van der Waals surface area contributed by atoms with Crippen molar-refractivity contribution >= 4 is 11.3 Å². The van der Waals surface area contributed by atoms with Crippen LogP contribution in [0.3, 0.4) is 0 Å². The lowest BCUT2D eigenvalue weighted by atomic mass is 9.88. The Bertz CT molecular complexity index is 365. The zero-order chi connectivity index (χ0) is 12.8. The third-order valence-corrected chi connectivity index (χ3v) is 4.66. The topological polar surface area (TPSA) is 34.2 Å². The van der Waals surface area contributed by atoms with Gasteiger partial charge in [-0.05, 0) is 25.2 Å². The molecule has 3 nitrogen and oxygen atoms in total. The molecule has 0 saturated carbocycles. The zero-order valence-electron chi connectivity index (χ0n) is 11.5. The number of aryl methyl sites for hydroxylation is 1. The molecule has 1 heterocycles. The van der Waals surface area contributed by atoms with Gasteiger partial charge in [0, 0.05) is 25.1 Å². The van der Waals surface area contributed by atoms with Crippen molar-refractivity contribution in [3.8, 4) is 0 Å². The molecule has 0 aliphatic heterocycles. The SMILES string of the molecule is CCCC1CCc2nc(CNCCOC)sc2C1. The Labute approximate surface area is 114 Å². The van der Waals surface area contributed by atoms with Crippen LogP contribution in [0.4, 0.5) is 0 Å². The second kappa shape index (κ2) is 7.22. The Morgan fingerprint density at radius 3 is 3.17 bits per heavy atom. The van der Waals surface area contributed by atoms with Crippen molar-refractivity contribution < 1.29 is 4.74 Å². The summed E-state index contributed by atoms with van der Waals surface area (Å²) in [4.78, 5) is 6.30. The molecule has 0 aromatic carbocycles. The fourth-order valence-corrected chi connectivity index (χ4v) is 3.80. The van der Waals surface area contributed by atoms with Gasteiger partial charge in [0.25, 0.3) is 0 Å². The summed E-state index contributed by atoms with van der Waals surface area (Å²) in [6.45, 7) is 4.84. The summed E-state index contributed by atoms with van der Waals surface area (Å²) in [5, 5.41) is 4.61. The highest BCUT2D eigenvalue weighted by Crippen LogP contribution is 2.31. The van der Waals surface area contributed by atoms with Gasteiger partial charge in [-0.25, -0.2) is 4.98 Å². The molecule has 0 amide bonds. The molecule has 1 aliphatic carbocycles. The maximum atomic E-state index is 5.02. The van der Waals surface area contributed by atoms with E-state index in [-0.39, 0.29) is 0 Å². The number of hydrogen-bond acceptors (Lipinski definition) is 4. The molecule has 1 aromatic heterocycles. The van der Waals surface area contributed by atoms with E-state index in [0.29, 0.717) is 0 Å². The number of hydrogen-bond donors (Lipinski definition) is 1. The van der Waals surface area contributed by atoms with Crippen molar-refractivity contribution in [2.45, 2.75) is 45.6 Å². The molecular formula is C14H24N2OS. The molecule has 1 aliphatic rings. The van der Waals surface area contributed by atoms with E-state index in [1.54, 1.807) is 12.0 Å².